The Labute approximate surface area is 179 Å². The maximum absolute atomic E-state index is 13.5. The number of hydrogen-bond donors (Lipinski definition) is 3. The normalized spacial score (nSPS) is 13.7. The fourth-order valence-corrected chi connectivity index (χ4v) is 4.23. The van der Waals surface area contributed by atoms with Gasteiger partial charge in [0.2, 0.25) is 0 Å². The van der Waals surface area contributed by atoms with Crippen molar-refractivity contribution in [2.75, 3.05) is 12.9 Å². The number of nitrogens with two attached hydrogens (primary N) is 1. The van der Waals surface area contributed by atoms with Crippen molar-refractivity contribution in [3.63, 3.8) is 0 Å². The van der Waals surface area contributed by atoms with Crippen molar-refractivity contribution in [3.05, 3.63) is 71.7 Å². The van der Waals surface area contributed by atoms with Crippen molar-refractivity contribution >= 4 is 15.8 Å². The number of nitrogens with zero attached hydrogens (tertiary/aromatic N) is 1. The molecule has 9 heteroatoms. The molecule has 2 aromatic carbocycles. The standard InChI is InChI=1S/C22H23FN2O5S/c1-14-19(22(24,11-12-26)21(27)28)13-20(25(14)17-7-5-16(23)6-8-17)15-3-9-18(10-4-15)31(2,29)30/h3-10,13,26H,11-12,24H2,1-2H3,(H,27,28)/t22-/m1/s1. The maximum Gasteiger partial charge on any atom is 0.328 e. The van der Waals surface area contributed by atoms with Gasteiger partial charge >= 0.3 is 5.97 Å². The topological polar surface area (TPSA) is 123 Å². The summed E-state index contributed by atoms with van der Waals surface area (Å²) in [6.07, 6.45) is 0.902. The number of carbonyl (C=O) groups is 1. The number of carboxylic acid groups (broad SMARTS) is 1. The highest BCUT2D eigenvalue weighted by Crippen LogP contribution is 2.36. The van der Waals surface area contributed by atoms with Crippen LogP contribution in [0, 0.1) is 12.7 Å². The van der Waals surface area contributed by atoms with Gasteiger partial charge in [0.15, 0.2) is 9.84 Å². The Morgan fingerprint density at radius 1 is 1.13 bits per heavy atom. The molecule has 31 heavy (non-hydrogen) atoms. The van der Waals surface area contributed by atoms with E-state index in [0.29, 0.717) is 28.2 Å². The van der Waals surface area contributed by atoms with Crippen LogP contribution in [0.2, 0.25) is 0 Å². The summed E-state index contributed by atoms with van der Waals surface area (Å²) in [5.74, 6) is -1.72. The van der Waals surface area contributed by atoms with Gasteiger partial charge in [0.25, 0.3) is 0 Å². The third kappa shape index (κ3) is 4.25. The zero-order valence-corrected chi connectivity index (χ0v) is 17.9. The molecule has 0 unspecified atom stereocenters. The average molecular weight is 447 g/mol. The number of sulfone groups is 1. The molecule has 3 rings (SSSR count). The number of halogens is 1. The molecule has 3 aromatic rings. The molecule has 7 nitrogen and oxygen atoms in total. The van der Waals surface area contributed by atoms with Gasteiger partial charge in [-0.25, -0.2) is 17.6 Å². The molecule has 4 N–H and O–H groups in total. The summed E-state index contributed by atoms with van der Waals surface area (Å²) in [6.45, 7) is 1.26. The number of aliphatic hydroxyl groups is 1. The van der Waals surface area contributed by atoms with E-state index in [9.17, 15) is 27.8 Å². The Balaban J connectivity index is 2.29. The second-order valence-electron chi connectivity index (χ2n) is 7.39. The minimum Gasteiger partial charge on any atom is -0.480 e. The van der Waals surface area contributed by atoms with E-state index in [4.69, 9.17) is 5.73 Å². The van der Waals surface area contributed by atoms with Gasteiger partial charge in [-0.1, -0.05) is 12.1 Å². The molecule has 0 saturated carbocycles. The smallest absolute Gasteiger partial charge is 0.328 e. The number of hydrogen-bond acceptors (Lipinski definition) is 5. The van der Waals surface area contributed by atoms with Crippen molar-refractivity contribution in [3.8, 4) is 16.9 Å². The van der Waals surface area contributed by atoms with E-state index in [0.717, 1.165) is 6.26 Å². The van der Waals surface area contributed by atoms with Crippen LogP contribution in [0.25, 0.3) is 16.9 Å². The molecule has 1 aromatic heterocycles. The number of rotatable bonds is 7. The van der Waals surface area contributed by atoms with Crippen molar-refractivity contribution in [2.24, 2.45) is 5.73 Å². The maximum atomic E-state index is 13.5. The Kier molecular flexibility index (Phi) is 6.04. The van der Waals surface area contributed by atoms with E-state index in [-0.39, 0.29) is 11.3 Å². The van der Waals surface area contributed by atoms with Crippen LogP contribution in [0.5, 0.6) is 0 Å². The van der Waals surface area contributed by atoms with Crippen molar-refractivity contribution in [1.82, 2.24) is 4.57 Å². The molecular weight excluding hydrogens is 423 g/mol. The predicted octanol–water partition coefficient (Wildman–Crippen LogP) is 2.62. The quantitative estimate of drug-likeness (QED) is 0.513. The van der Waals surface area contributed by atoms with Gasteiger partial charge in [0.1, 0.15) is 11.4 Å². The first-order chi connectivity index (χ1) is 14.5. The minimum atomic E-state index is -3.39. The van der Waals surface area contributed by atoms with E-state index >= 15 is 0 Å². The number of aliphatic hydroxyl groups excluding tert-OH is 1. The SMILES string of the molecule is Cc1c([C@](N)(CCO)C(=O)O)cc(-c2ccc(S(C)(=O)=O)cc2)n1-c1ccc(F)cc1. The van der Waals surface area contributed by atoms with E-state index in [1.165, 1.54) is 24.3 Å². The van der Waals surface area contributed by atoms with E-state index in [1.807, 2.05) is 0 Å². The lowest BCUT2D eigenvalue weighted by Gasteiger charge is -2.24. The van der Waals surface area contributed by atoms with Crippen LogP contribution in [0.4, 0.5) is 4.39 Å². The molecule has 1 heterocycles. The Bertz CT molecular complexity index is 1220. The van der Waals surface area contributed by atoms with Gasteiger partial charge in [-0.3, -0.25) is 0 Å². The van der Waals surface area contributed by atoms with Crippen molar-refractivity contribution in [2.45, 2.75) is 23.8 Å². The summed E-state index contributed by atoms with van der Waals surface area (Å²) in [5.41, 5.74) is 6.90. The zero-order valence-electron chi connectivity index (χ0n) is 17.0. The van der Waals surface area contributed by atoms with Gasteiger partial charge in [0, 0.05) is 36.2 Å². The van der Waals surface area contributed by atoms with Crippen LogP contribution in [-0.4, -0.2) is 42.0 Å². The Morgan fingerprint density at radius 3 is 2.19 bits per heavy atom. The van der Waals surface area contributed by atoms with E-state index in [2.05, 4.69) is 0 Å². The van der Waals surface area contributed by atoms with Gasteiger partial charge in [0.05, 0.1) is 10.6 Å². The van der Waals surface area contributed by atoms with Crippen LogP contribution in [0.15, 0.2) is 59.5 Å². The molecule has 0 amide bonds. The highest BCUT2D eigenvalue weighted by molar-refractivity contribution is 7.90. The lowest BCUT2D eigenvalue weighted by molar-refractivity contribution is -0.144. The number of aliphatic carboxylic acids is 1. The molecular formula is C22H23FN2O5S. The summed E-state index contributed by atoms with van der Waals surface area (Å²) in [4.78, 5) is 12.1. The summed E-state index contributed by atoms with van der Waals surface area (Å²) in [5, 5.41) is 19.2. The molecule has 0 aliphatic heterocycles. The van der Waals surface area contributed by atoms with Gasteiger partial charge in [-0.05, 0) is 55.0 Å². The number of aromatic nitrogens is 1. The molecule has 164 valence electrons. The van der Waals surface area contributed by atoms with Crippen LogP contribution in [0.1, 0.15) is 17.7 Å². The first-order valence-electron chi connectivity index (χ1n) is 9.41. The second-order valence-corrected chi connectivity index (χ2v) is 9.40. The molecule has 0 aliphatic rings. The lowest BCUT2D eigenvalue weighted by Crippen LogP contribution is -2.46. The molecule has 0 fully saturated rings. The predicted molar refractivity (Wildman–Crippen MR) is 114 cm³/mol. The lowest BCUT2D eigenvalue weighted by atomic mass is 9.87. The highest BCUT2D eigenvalue weighted by atomic mass is 32.2. The number of carboxylic acids is 1. The monoisotopic (exact) mass is 446 g/mol. The molecule has 0 bridgehead atoms. The van der Waals surface area contributed by atoms with Crippen LogP contribution >= 0.6 is 0 Å². The summed E-state index contributed by atoms with van der Waals surface area (Å²) >= 11 is 0. The largest absolute Gasteiger partial charge is 0.480 e. The first-order valence-corrected chi connectivity index (χ1v) is 11.3. The van der Waals surface area contributed by atoms with Gasteiger partial charge in [-0.15, -0.1) is 0 Å². The molecule has 1 atom stereocenters. The van der Waals surface area contributed by atoms with Crippen molar-refractivity contribution < 1.29 is 27.8 Å². The fourth-order valence-electron chi connectivity index (χ4n) is 3.60. The van der Waals surface area contributed by atoms with Gasteiger partial charge in [-0.2, -0.15) is 0 Å². The Hall–Kier alpha value is -3.01. The molecule has 0 saturated heterocycles. The molecule has 0 spiro atoms. The van der Waals surface area contributed by atoms with E-state index in [1.54, 1.807) is 41.8 Å². The summed E-state index contributed by atoms with van der Waals surface area (Å²) in [6, 6.07) is 13.4. The second kappa shape index (κ2) is 8.26. The summed E-state index contributed by atoms with van der Waals surface area (Å²) in [7, 11) is -3.39. The van der Waals surface area contributed by atoms with Crippen LogP contribution < -0.4 is 5.73 Å². The summed E-state index contributed by atoms with van der Waals surface area (Å²) < 4.78 is 38.8. The average Bonchev–Trinajstić information content (AvgIpc) is 3.06. The minimum absolute atomic E-state index is 0.145. The molecule has 0 radical (unpaired) electrons. The number of benzene rings is 2. The third-order valence-electron chi connectivity index (χ3n) is 5.28. The van der Waals surface area contributed by atoms with Crippen LogP contribution in [-0.2, 0) is 20.2 Å². The molecule has 0 aliphatic carbocycles. The Morgan fingerprint density at radius 2 is 1.71 bits per heavy atom. The van der Waals surface area contributed by atoms with Gasteiger partial charge < -0.3 is 20.5 Å². The van der Waals surface area contributed by atoms with Crippen LogP contribution in [0.3, 0.4) is 0 Å². The van der Waals surface area contributed by atoms with Crippen molar-refractivity contribution in [1.29, 1.82) is 0 Å². The highest BCUT2D eigenvalue weighted by Gasteiger charge is 2.39. The third-order valence-corrected chi connectivity index (χ3v) is 6.41. The first kappa shape index (κ1) is 22.7. The van der Waals surface area contributed by atoms with E-state index < -0.39 is 33.8 Å². The zero-order chi connectivity index (χ0) is 23.0. The fraction of sp³-hybridized carbons (Fsp3) is 0.227.